The maximum Gasteiger partial charge on any atom is -0.00265 e. The molecule has 0 heterocycles. The summed E-state index contributed by atoms with van der Waals surface area (Å²) in [6, 6.07) is 53.9. The molecule has 0 amide bonds. The number of hydrogen-bond acceptors (Lipinski definition) is 0. The second kappa shape index (κ2) is 12.0. The van der Waals surface area contributed by atoms with E-state index in [0.717, 1.165) is 12.3 Å². The zero-order chi connectivity index (χ0) is 25.6. The molecule has 0 saturated carbocycles. The molecule has 0 nitrogen and oxygen atoms in total. The van der Waals surface area contributed by atoms with E-state index in [9.17, 15) is 0 Å². The zero-order valence-corrected chi connectivity index (χ0v) is 23.4. The molecule has 2 heteroatoms. The maximum absolute atomic E-state index is 2.35. The van der Waals surface area contributed by atoms with Gasteiger partial charge in [-0.25, -0.2) is 0 Å². The first-order chi connectivity index (χ1) is 18.8. The minimum absolute atomic E-state index is 0.321. The van der Waals surface area contributed by atoms with Crippen LogP contribution in [0, 0.1) is 0 Å². The van der Waals surface area contributed by atoms with E-state index >= 15 is 0 Å². The summed E-state index contributed by atoms with van der Waals surface area (Å²) in [5.41, 5.74) is 2.97. The highest BCUT2D eigenvalue weighted by Crippen LogP contribution is 2.47. The lowest BCUT2D eigenvalue weighted by molar-refractivity contribution is 1.36. The van der Waals surface area contributed by atoms with Crippen molar-refractivity contribution in [2.75, 3.05) is 12.3 Å². The molecule has 0 aromatic heterocycles. The van der Waals surface area contributed by atoms with Crippen LogP contribution in [-0.2, 0) is 12.3 Å². The van der Waals surface area contributed by atoms with E-state index in [4.69, 9.17) is 0 Å². The highest BCUT2D eigenvalue weighted by Gasteiger charge is 2.19. The largest absolute Gasteiger partial charge is 0.0705 e. The monoisotopic (exact) mass is 526 g/mol. The number of fused-ring (bicyclic) bond motifs is 2. The van der Waals surface area contributed by atoms with Crippen molar-refractivity contribution in [3.05, 3.63) is 157 Å². The van der Waals surface area contributed by atoms with Gasteiger partial charge in [0.25, 0.3) is 0 Å². The minimum Gasteiger partial charge on any atom is -0.0705 e. The Morgan fingerprint density at radius 3 is 1.16 bits per heavy atom. The first kappa shape index (κ1) is 25.0. The van der Waals surface area contributed by atoms with Crippen LogP contribution in [0.25, 0.3) is 21.5 Å². The van der Waals surface area contributed by atoms with E-state index in [1.807, 2.05) is 0 Å². The molecule has 0 saturated heterocycles. The van der Waals surface area contributed by atoms with Gasteiger partial charge in [-0.1, -0.05) is 161 Å². The van der Waals surface area contributed by atoms with E-state index in [0.29, 0.717) is 0 Å². The van der Waals surface area contributed by atoms with Crippen LogP contribution in [0.5, 0.6) is 0 Å². The predicted octanol–water partition coefficient (Wildman–Crippen LogP) is 9.31. The van der Waals surface area contributed by atoms with Gasteiger partial charge in [-0.05, 0) is 67.9 Å². The van der Waals surface area contributed by atoms with E-state index in [2.05, 4.69) is 146 Å². The SMILES string of the molecule is c1ccc(P(CCP(Cc2cccc3ccccc23)c2ccccc2)Cc2cccc3ccccc23)cc1. The van der Waals surface area contributed by atoms with Crippen molar-refractivity contribution < 1.29 is 0 Å². The predicted molar refractivity (Wildman–Crippen MR) is 171 cm³/mol. The van der Waals surface area contributed by atoms with Gasteiger partial charge in [-0.3, -0.25) is 0 Å². The molecule has 0 radical (unpaired) electrons. The summed E-state index contributed by atoms with van der Waals surface area (Å²) >= 11 is 0. The normalized spacial score (nSPS) is 12.9. The molecule has 0 aliphatic heterocycles. The molecule has 38 heavy (non-hydrogen) atoms. The van der Waals surface area contributed by atoms with Gasteiger partial charge >= 0.3 is 0 Å². The van der Waals surface area contributed by atoms with Gasteiger partial charge in [-0.2, -0.15) is 0 Å². The molecule has 186 valence electrons. The van der Waals surface area contributed by atoms with E-state index in [1.165, 1.54) is 55.6 Å². The topological polar surface area (TPSA) is 0 Å². The van der Waals surface area contributed by atoms with Gasteiger partial charge < -0.3 is 0 Å². The first-order valence-corrected chi connectivity index (χ1v) is 16.8. The molecule has 6 aromatic rings. The summed E-state index contributed by atoms with van der Waals surface area (Å²) in [7, 11) is -0.642. The third-order valence-electron chi connectivity index (χ3n) is 7.36. The van der Waals surface area contributed by atoms with E-state index in [-0.39, 0.29) is 15.8 Å². The zero-order valence-electron chi connectivity index (χ0n) is 21.6. The van der Waals surface area contributed by atoms with Crippen molar-refractivity contribution in [2.45, 2.75) is 12.3 Å². The molecule has 2 atom stereocenters. The summed E-state index contributed by atoms with van der Waals surface area (Å²) < 4.78 is 0. The molecule has 2 unspecified atom stereocenters. The molecule has 0 spiro atoms. The minimum atomic E-state index is -0.321. The number of rotatable bonds is 9. The van der Waals surface area contributed by atoms with Crippen LogP contribution in [0.4, 0.5) is 0 Å². The Hall–Kier alpha value is -3.30. The molecular weight excluding hydrogens is 494 g/mol. The lowest BCUT2D eigenvalue weighted by Gasteiger charge is -2.24. The Morgan fingerprint density at radius 2 is 0.711 bits per heavy atom. The maximum atomic E-state index is 2.35. The summed E-state index contributed by atoms with van der Waals surface area (Å²) in [5, 5.41) is 8.53. The fourth-order valence-corrected chi connectivity index (χ4v) is 11.1. The highest BCUT2D eigenvalue weighted by molar-refractivity contribution is 7.68. The van der Waals surface area contributed by atoms with Crippen molar-refractivity contribution in [2.24, 2.45) is 0 Å². The van der Waals surface area contributed by atoms with Gasteiger partial charge in [0, 0.05) is 0 Å². The average Bonchev–Trinajstić information content (AvgIpc) is 2.99. The highest BCUT2D eigenvalue weighted by atomic mass is 31.1. The van der Waals surface area contributed by atoms with Crippen LogP contribution in [0.3, 0.4) is 0 Å². The molecule has 6 rings (SSSR count). The third kappa shape index (κ3) is 5.73. The summed E-state index contributed by atoms with van der Waals surface area (Å²) in [5.74, 6) is 0. The van der Waals surface area contributed by atoms with Crippen molar-refractivity contribution in [3.63, 3.8) is 0 Å². The van der Waals surface area contributed by atoms with Gasteiger partial charge in [0.2, 0.25) is 0 Å². The second-order valence-electron chi connectivity index (χ2n) is 9.79. The van der Waals surface area contributed by atoms with E-state index < -0.39 is 0 Å². The lowest BCUT2D eigenvalue weighted by atomic mass is 10.1. The molecule has 0 aliphatic carbocycles. The first-order valence-electron chi connectivity index (χ1n) is 13.4. The van der Waals surface area contributed by atoms with Crippen LogP contribution < -0.4 is 10.6 Å². The van der Waals surface area contributed by atoms with E-state index in [1.54, 1.807) is 0 Å². The van der Waals surface area contributed by atoms with Gasteiger partial charge in [-0.15, -0.1) is 0 Å². The second-order valence-corrected chi connectivity index (χ2v) is 14.5. The van der Waals surface area contributed by atoms with Crippen molar-refractivity contribution >= 4 is 48.0 Å². The van der Waals surface area contributed by atoms with Crippen LogP contribution in [0.2, 0.25) is 0 Å². The van der Waals surface area contributed by atoms with Gasteiger partial charge in [0.05, 0.1) is 0 Å². The average molecular weight is 527 g/mol. The van der Waals surface area contributed by atoms with Crippen molar-refractivity contribution in [1.82, 2.24) is 0 Å². The smallest absolute Gasteiger partial charge is 0.00265 e. The van der Waals surface area contributed by atoms with Crippen LogP contribution in [0.1, 0.15) is 11.1 Å². The van der Waals surface area contributed by atoms with Crippen molar-refractivity contribution in [3.8, 4) is 0 Å². The molecular formula is C36H32P2. The Kier molecular flexibility index (Phi) is 7.92. The summed E-state index contributed by atoms with van der Waals surface area (Å²) in [6.07, 6.45) is 4.75. The fourth-order valence-electron chi connectivity index (χ4n) is 5.39. The number of benzene rings is 6. The van der Waals surface area contributed by atoms with Crippen LogP contribution in [0.15, 0.2) is 146 Å². The Balaban J connectivity index is 1.31. The summed E-state index contributed by atoms with van der Waals surface area (Å²) in [4.78, 5) is 0. The van der Waals surface area contributed by atoms with Gasteiger partial charge in [0.15, 0.2) is 0 Å². The quantitative estimate of drug-likeness (QED) is 0.165. The fraction of sp³-hybridized carbons (Fsp3) is 0.111. The summed E-state index contributed by atoms with van der Waals surface area (Å²) in [6.45, 7) is 0. The molecule has 0 aliphatic rings. The van der Waals surface area contributed by atoms with Crippen LogP contribution >= 0.6 is 15.8 Å². The van der Waals surface area contributed by atoms with Gasteiger partial charge in [0.1, 0.15) is 0 Å². The lowest BCUT2D eigenvalue weighted by Crippen LogP contribution is -2.11. The van der Waals surface area contributed by atoms with Crippen molar-refractivity contribution in [1.29, 1.82) is 0 Å². The third-order valence-corrected chi connectivity index (χ3v) is 12.7. The Labute approximate surface area is 228 Å². The molecule has 0 fully saturated rings. The molecule has 6 aromatic carbocycles. The molecule has 0 bridgehead atoms. The molecule has 0 N–H and O–H groups in total. The van der Waals surface area contributed by atoms with Crippen LogP contribution in [-0.4, -0.2) is 12.3 Å². The number of hydrogen-bond donors (Lipinski definition) is 0. The Morgan fingerprint density at radius 1 is 0.342 bits per heavy atom. The standard InChI is InChI=1S/C36H32P2/c1-3-19-33(20-4-1)37(27-31-17-11-15-29-13-7-9-23-35(29)31)25-26-38(34-21-5-2-6-22-34)28-32-18-12-16-30-14-8-10-24-36(30)32/h1-24H,25-28H2. The Bertz CT molecular complexity index is 1490.